The molecule has 1 N–H and O–H groups in total. The van der Waals surface area contributed by atoms with Crippen molar-refractivity contribution in [2.24, 2.45) is 5.92 Å². The van der Waals surface area contributed by atoms with Crippen molar-refractivity contribution in [3.63, 3.8) is 0 Å². The quantitative estimate of drug-likeness (QED) is 0.799. The predicted molar refractivity (Wildman–Crippen MR) is 96.7 cm³/mol. The maximum absolute atomic E-state index is 12.4. The normalized spacial score (nSPS) is 16.9. The summed E-state index contributed by atoms with van der Waals surface area (Å²) in [4.78, 5) is 26.2. The molecule has 1 aliphatic heterocycles. The van der Waals surface area contributed by atoms with E-state index in [1.807, 2.05) is 12.1 Å². The van der Waals surface area contributed by atoms with E-state index in [-0.39, 0.29) is 30.5 Å². The number of anilines is 1. The summed E-state index contributed by atoms with van der Waals surface area (Å²) in [5.41, 5.74) is 1.11. The largest absolute Gasteiger partial charge is 0.573 e. The highest BCUT2D eigenvalue weighted by Crippen LogP contribution is 2.26. The minimum Gasteiger partial charge on any atom is -0.406 e. The maximum Gasteiger partial charge on any atom is 0.573 e. The molecule has 5 nitrogen and oxygen atoms in total. The molecule has 0 aromatic heterocycles. The lowest BCUT2D eigenvalue weighted by atomic mass is 10.1. The molecule has 28 heavy (non-hydrogen) atoms. The summed E-state index contributed by atoms with van der Waals surface area (Å²) in [7, 11) is 0. The van der Waals surface area contributed by atoms with Crippen LogP contribution in [0, 0.1) is 5.92 Å². The summed E-state index contributed by atoms with van der Waals surface area (Å²) in [6.45, 7) is 0.553. The number of hydrogen-bond acceptors (Lipinski definition) is 3. The van der Waals surface area contributed by atoms with Gasteiger partial charge >= 0.3 is 6.36 Å². The fraction of sp³-hybridized carbons (Fsp3) is 0.263. The molecular weight excluding hydrogens is 397 g/mol. The summed E-state index contributed by atoms with van der Waals surface area (Å²) < 4.78 is 40.3. The van der Waals surface area contributed by atoms with Gasteiger partial charge < -0.3 is 15.0 Å². The number of likely N-dealkylation sites (tertiary alicyclic amines) is 1. The van der Waals surface area contributed by atoms with Crippen LogP contribution in [0.1, 0.15) is 12.0 Å². The summed E-state index contributed by atoms with van der Waals surface area (Å²) in [5.74, 6) is -1.47. The minimum absolute atomic E-state index is 0.0611. The van der Waals surface area contributed by atoms with Crippen LogP contribution in [-0.2, 0) is 16.1 Å². The van der Waals surface area contributed by atoms with Gasteiger partial charge in [-0.05, 0) is 35.9 Å². The van der Waals surface area contributed by atoms with E-state index in [0.29, 0.717) is 17.3 Å². The zero-order valence-corrected chi connectivity index (χ0v) is 15.3. The Morgan fingerprint density at radius 1 is 1.18 bits per heavy atom. The standard InChI is InChI=1S/C19H16ClF3N2O3/c20-16-4-2-1-3-12(16)10-25-11-13(9-17(25)26)18(27)24-14-5-7-15(8-6-14)28-19(21,22)23/h1-8,13H,9-11H2,(H,24,27)/t13-/m1/s1. The van der Waals surface area contributed by atoms with Gasteiger partial charge in [-0.2, -0.15) is 0 Å². The number of nitrogens with one attached hydrogen (secondary N) is 1. The first kappa shape index (κ1) is 20.0. The fourth-order valence-electron chi connectivity index (χ4n) is 2.92. The first-order chi connectivity index (χ1) is 13.2. The molecule has 0 aliphatic carbocycles. The Morgan fingerprint density at radius 3 is 2.50 bits per heavy atom. The Labute approximate surface area is 164 Å². The van der Waals surface area contributed by atoms with Gasteiger partial charge in [-0.1, -0.05) is 29.8 Å². The summed E-state index contributed by atoms with van der Waals surface area (Å²) in [5, 5.41) is 3.16. The van der Waals surface area contributed by atoms with E-state index in [4.69, 9.17) is 11.6 Å². The van der Waals surface area contributed by atoms with Crippen molar-refractivity contribution in [1.82, 2.24) is 4.90 Å². The van der Waals surface area contributed by atoms with Crippen molar-refractivity contribution >= 4 is 29.1 Å². The Morgan fingerprint density at radius 2 is 1.86 bits per heavy atom. The Kier molecular flexibility index (Phi) is 5.79. The minimum atomic E-state index is -4.78. The number of halogens is 4. The first-order valence-corrected chi connectivity index (χ1v) is 8.77. The summed E-state index contributed by atoms with van der Waals surface area (Å²) in [6, 6.07) is 12.0. The van der Waals surface area contributed by atoms with Crippen LogP contribution in [-0.4, -0.2) is 29.6 Å². The number of rotatable bonds is 5. The van der Waals surface area contributed by atoms with Gasteiger partial charge in [0.1, 0.15) is 5.75 Å². The molecule has 2 amide bonds. The topological polar surface area (TPSA) is 58.6 Å². The van der Waals surface area contributed by atoms with Crippen LogP contribution in [0.2, 0.25) is 5.02 Å². The third kappa shape index (κ3) is 5.16. The van der Waals surface area contributed by atoms with Gasteiger partial charge in [0.15, 0.2) is 0 Å². The fourth-order valence-corrected chi connectivity index (χ4v) is 3.11. The average molecular weight is 413 g/mol. The number of benzene rings is 2. The van der Waals surface area contributed by atoms with Gasteiger partial charge in [0.05, 0.1) is 5.92 Å². The monoisotopic (exact) mass is 412 g/mol. The van der Waals surface area contributed by atoms with Crippen molar-refractivity contribution in [3.05, 3.63) is 59.1 Å². The van der Waals surface area contributed by atoms with Crippen LogP contribution >= 0.6 is 11.6 Å². The molecule has 2 aromatic carbocycles. The van der Waals surface area contributed by atoms with Gasteiger partial charge in [-0.3, -0.25) is 9.59 Å². The molecular formula is C19H16ClF3N2O3. The SMILES string of the molecule is O=C(Nc1ccc(OC(F)(F)F)cc1)[C@@H]1CC(=O)N(Cc2ccccc2Cl)C1. The third-order valence-electron chi connectivity index (χ3n) is 4.26. The number of carbonyl (C=O) groups is 2. The molecule has 1 aliphatic rings. The van der Waals surface area contributed by atoms with E-state index in [0.717, 1.165) is 17.7 Å². The molecule has 1 fully saturated rings. The van der Waals surface area contributed by atoms with Crippen LogP contribution in [0.3, 0.4) is 0 Å². The first-order valence-electron chi connectivity index (χ1n) is 8.39. The molecule has 3 rings (SSSR count). The lowest BCUT2D eigenvalue weighted by molar-refractivity contribution is -0.274. The number of ether oxygens (including phenoxy) is 1. The molecule has 148 valence electrons. The molecule has 0 spiro atoms. The van der Waals surface area contributed by atoms with Crippen LogP contribution < -0.4 is 10.1 Å². The van der Waals surface area contributed by atoms with E-state index in [1.165, 1.54) is 12.1 Å². The molecule has 0 radical (unpaired) electrons. The molecule has 1 atom stereocenters. The second-order valence-corrected chi connectivity index (χ2v) is 6.74. The number of hydrogen-bond donors (Lipinski definition) is 1. The number of carbonyl (C=O) groups excluding carboxylic acids is 2. The van der Waals surface area contributed by atoms with Gasteiger partial charge in [0.2, 0.25) is 11.8 Å². The van der Waals surface area contributed by atoms with Crippen LogP contribution in [0.5, 0.6) is 5.75 Å². The number of nitrogens with zero attached hydrogens (tertiary/aromatic N) is 1. The van der Waals surface area contributed by atoms with Crippen molar-refractivity contribution in [3.8, 4) is 5.75 Å². The molecule has 0 saturated carbocycles. The second kappa shape index (κ2) is 8.10. The van der Waals surface area contributed by atoms with Crippen molar-refractivity contribution in [2.45, 2.75) is 19.3 Å². The molecule has 9 heteroatoms. The van der Waals surface area contributed by atoms with E-state index in [9.17, 15) is 22.8 Å². The summed E-state index contributed by atoms with van der Waals surface area (Å²) in [6.07, 6.45) is -4.72. The molecule has 1 saturated heterocycles. The zero-order chi connectivity index (χ0) is 20.3. The molecule has 1 heterocycles. The Balaban J connectivity index is 1.58. The molecule has 0 unspecified atom stereocenters. The lowest BCUT2D eigenvalue weighted by Crippen LogP contribution is -2.28. The predicted octanol–water partition coefficient (Wildman–Crippen LogP) is 4.23. The number of alkyl halides is 3. The lowest BCUT2D eigenvalue weighted by Gasteiger charge is -2.17. The van der Waals surface area contributed by atoms with Gasteiger partial charge in [-0.25, -0.2) is 0 Å². The van der Waals surface area contributed by atoms with Crippen LogP contribution in [0.15, 0.2) is 48.5 Å². The van der Waals surface area contributed by atoms with E-state index >= 15 is 0 Å². The number of amides is 2. The van der Waals surface area contributed by atoms with Crippen LogP contribution in [0.25, 0.3) is 0 Å². The van der Waals surface area contributed by atoms with Crippen LogP contribution in [0.4, 0.5) is 18.9 Å². The Bertz CT molecular complexity index is 871. The van der Waals surface area contributed by atoms with Gasteiger partial charge in [0, 0.05) is 30.2 Å². The highest BCUT2D eigenvalue weighted by Gasteiger charge is 2.34. The van der Waals surface area contributed by atoms with Crippen molar-refractivity contribution in [1.29, 1.82) is 0 Å². The smallest absolute Gasteiger partial charge is 0.406 e. The highest BCUT2D eigenvalue weighted by atomic mass is 35.5. The third-order valence-corrected chi connectivity index (χ3v) is 4.63. The van der Waals surface area contributed by atoms with E-state index < -0.39 is 12.3 Å². The van der Waals surface area contributed by atoms with Crippen molar-refractivity contribution < 1.29 is 27.5 Å². The summed E-state index contributed by atoms with van der Waals surface area (Å²) >= 11 is 6.11. The average Bonchev–Trinajstić information content (AvgIpc) is 2.98. The van der Waals surface area contributed by atoms with Gasteiger partial charge in [0.25, 0.3) is 0 Å². The van der Waals surface area contributed by atoms with Gasteiger partial charge in [-0.15, -0.1) is 13.2 Å². The Hall–Kier alpha value is -2.74. The maximum atomic E-state index is 12.4. The van der Waals surface area contributed by atoms with E-state index in [1.54, 1.807) is 17.0 Å². The van der Waals surface area contributed by atoms with Crippen molar-refractivity contribution in [2.75, 3.05) is 11.9 Å². The zero-order valence-electron chi connectivity index (χ0n) is 14.5. The molecule has 0 bridgehead atoms. The molecule has 2 aromatic rings. The van der Waals surface area contributed by atoms with E-state index in [2.05, 4.69) is 10.1 Å². The highest BCUT2D eigenvalue weighted by molar-refractivity contribution is 6.31. The second-order valence-electron chi connectivity index (χ2n) is 6.33.